The fourth-order valence-corrected chi connectivity index (χ4v) is 3.43. The predicted molar refractivity (Wildman–Crippen MR) is 73.4 cm³/mol. The van der Waals surface area contributed by atoms with Gasteiger partial charge in [-0.05, 0) is 17.5 Å². The summed E-state index contributed by atoms with van der Waals surface area (Å²) in [7, 11) is 0. The lowest BCUT2D eigenvalue weighted by molar-refractivity contribution is -0.118. The van der Waals surface area contributed by atoms with E-state index in [1.54, 1.807) is 29.2 Å². The molecule has 1 aliphatic rings. The normalized spacial score (nSPS) is 13.7. The van der Waals surface area contributed by atoms with E-state index >= 15 is 0 Å². The third-order valence-corrected chi connectivity index (χ3v) is 4.56. The zero-order valence-electron chi connectivity index (χ0n) is 9.30. The number of nitrogens with one attached hydrogen (secondary N) is 1. The maximum atomic E-state index is 11.3. The maximum Gasteiger partial charge on any atom is 0.262 e. The number of hydrogen-bond acceptors (Lipinski definition) is 5. The van der Waals surface area contributed by atoms with Gasteiger partial charge in [0.1, 0.15) is 5.75 Å². The van der Waals surface area contributed by atoms with Crippen molar-refractivity contribution in [3.8, 4) is 5.75 Å². The van der Waals surface area contributed by atoms with E-state index in [4.69, 9.17) is 10.5 Å². The molecule has 6 heteroatoms. The van der Waals surface area contributed by atoms with Gasteiger partial charge >= 0.3 is 0 Å². The Morgan fingerprint density at radius 3 is 3.11 bits per heavy atom. The van der Waals surface area contributed by atoms with Gasteiger partial charge in [-0.2, -0.15) is 0 Å². The van der Waals surface area contributed by atoms with E-state index in [1.807, 2.05) is 23.6 Å². The molecule has 1 aliphatic heterocycles. The first kappa shape index (κ1) is 11.4. The molecule has 0 fully saturated rings. The van der Waals surface area contributed by atoms with Gasteiger partial charge in [-0.3, -0.25) is 4.79 Å². The molecule has 0 radical (unpaired) electrons. The average molecular weight is 278 g/mol. The van der Waals surface area contributed by atoms with Gasteiger partial charge < -0.3 is 15.8 Å². The fraction of sp³-hybridized carbons (Fsp3) is 0.0833. The van der Waals surface area contributed by atoms with Crippen LogP contribution in [-0.2, 0) is 4.79 Å². The number of anilines is 2. The summed E-state index contributed by atoms with van der Waals surface area (Å²) in [5.41, 5.74) is 7.32. The molecular weight excluding hydrogens is 268 g/mol. The minimum atomic E-state index is -0.139. The zero-order chi connectivity index (χ0) is 12.5. The number of hydrogen-bond donors (Lipinski definition) is 2. The van der Waals surface area contributed by atoms with Crippen LogP contribution in [0.2, 0.25) is 0 Å². The van der Waals surface area contributed by atoms with Crippen LogP contribution in [0.5, 0.6) is 5.75 Å². The molecule has 3 rings (SSSR count). The van der Waals surface area contributed by atoms with Crippen molar-refractivity contribution in [2.75, 3.05) is 17.7 Å². The standard InChI is InChI=1S/C12H10N2O2S2/c13-7-4-9-8(14-11(15)6-16-9)5-10(7)18-12-2-1-3-17-12/h1-5H,6,13H2,(H,14,15). The van der Waals surface area contributed by atoms with Gasteiger partial charge in [0, 0.05) is 16.6 Å². The van der Waals surface area contributed by atoms with Gasteiger partial charge in [-0.1, -0.05) is 17.8 Å². The van der Waals surface area contributed by atoms with E-state index in [9.17, 15) is 4.79 Å². The van der Waals surface area contributed by atoms with Gasteiger partial charge in [0.25, 0.3) is 5.91 Å². The molecule has 0 aliphatic carbocycles. The Morgan fingerprint density at radius 2 is 2.33 bits per heavy atom. The Hall–Kier alpha value is -1.66. The van der Waals surface area contributed by atoms with Gasteiger partial charge in [-0.25, -0.2) is 0 Å². The number of nitrogens with two attached hydrogens (primary N) is 1. The lowest BCUT2D eigenvalue weighted by Crippen LogP contribution is -2.25. The van der Waals surface area contributed by atoms with Crippen LogP contribution in [0, 0.1) is 0 Å². The average Bonchev–Trinajstić information content (AvgIpc) is 2.83. The SMILES string of the molecule is Nc1cc2c(cc1Sc1cccs1)NC(=O)CO2. The fourth-order valence-electron chi connectivity index (χ4n) is 1.64. The summed E-state index contributed by atoms with van der Waals surface area (Å²) in [5.74, 6) is 0.488. The van der Waals surface area contributed by atoms with E-state index in [0.717, 1.165) is 9.10 Å². The molecule has 0 saturated heterocycles. The maximum absolute atomic E-state index is 11.3. The van der Waals surface area contributed by atoms with E-state index in [1.165, 1.54) is 0 Å². The smallest absolute Gasteiger partial charge is 0.262 e. The van der Waals surface area contributed by atoms with Crippen LogP contribution in [0.15, 0.2) is 38.8 Å². The number of carbonyl (C=O) groups is 1. The molecule has 1 aromatic heterocycles. The number of amides is 1. The van der Waals surface area contributed by atoms with E-state index in [0.29, 0.717) is 17.1 Å². The monoisotopic (exact) mass is 278 g/mol. The second kappa shape index (κ2) is 4.55. The third kappa shape index (κ3) is 2.16. The van der Waals surface area contributed by atoms with Crippen LogP contribution in [0.1, 0.15) is 0 Å². The molecule has 0 atom stereocenters. The van der Waals surface area contributed by atoms with Crippen LogP contribution in [0.4, 0.5) is 11.4 Å². The molecule has 2 heterocycles. The summed E-state index contributed by atoms with van der Waals surface area (Å²) in [5, 5.41) is 4.79. The first-order chi connectivity index (χ1) is 8.72. The summed E-state index contributed by atoms with van der Waals surface area (Å²) >= 11 is 3.23. The molecule has 18 heavy (non-hydrogen) atoms. The number of benzene rings is 1. The van der Waals surface area contributed by atoms with Crippen molar-refractivity contribution in [2.45, 2.75) is 9.10 Å². The predicted octanol–water partition coefficient (Wildman–Crippen LogP) is 2.81. The molecule has 1 amide bonds. The van der Waals surface area contributed by atoms with Crippen molar-refractivity contribution < 1.29 is 9.53 Å². The van der Waals surface area contributed by atoms with Crippen LogP contribution in [-0.4, -0.2) is 12.5 Å². The highest BCUT2D eigenvalue weighted by Crippen LogP contribution is 2.40. The largest absolute Gasteiger partial charge is 0.482 e. The quantitative estimate of drug-likeness (QED) is 0.829. The number of fused-ring (bicyclic) bond motifs is 1. The lowest BCUT2D eigenvalue weighted by Gasteiger charge is -2.19. The van der Waals surface area contributed by atoms with Crippen LogP contribution >= 0.6 is 23.1 Å². The summed E-state index contributed by atoms with van der Waals surface area (Å²) in [6.45, 7) is 0.0455. The second-order valence-electron chi connectivity index (χ2n) is 3.76. The Labute approximate surface area is 112 Å². The van der Waals surface area contributed by atoms with Crippen LogP contribution in [0.3, 0.4) is 0 Å². The van der Waals surface area contributed by atoms with E-state index in [2.05, 4.69) is 5.32 Å². The molecule has 4 nitrogen and oxygen atoms in total. The van der Waals surface area contributed by atoms with Gasteiger partial charge in [0.15, 0.2) is 6.61 Å². The van der Waals surface area contributed by atoms with Gasteiger partial charge in [0.05, 0.1) is 9.90 Å². The molecular formula is C12H10N2O2S2. The highest BCUT2D eigenvalue weighted by Gasteiger charge is 2.18. The Morgan fingerprint density at radius 1 is 1.44 bits per heavy atom. The highest BCUT2D eigenvalue weighted by molar-refractivity contribution is 8.01. The molecule has 3 N–H and O–H groups in total. The molecule has 0 bridgehead atoms. The first-order valence-corrected chi connectivity index (χ1v) is 6.99. The molecule has 1 aromatic carbocycles. The van der Waals surface area contributed by atoms with Crippen molar-refractivity contribution in [3.05, 3.63) is 29.6 Å². The Balaban J connectivity index is 1.95. The summed E-state index contributed by atoms with van der Waals surface area (Å²) in [6.07, 6.45) is 0. The molecule has 2 aromatic rings. The number of ether oxygens (including phenoxy) is 1. The van der Waals surface area contributed by atoms with Crippen molar-refractivity contribution >= 4 is 40.4 Å². The van der Waals surface area contributed by atoms with Crippen molar-refractivity contribution in [1.29, 1.82) is 0 Å². The number of thiophene rings is 1. The summed E-state index contributed by atoms with van der Waals surface area (Å²) in [4.78, 5) is 12.2. The molecule has 0 spiro atoms. The minimum absolute atomic E-state index is 0.0455. The second-order valence-corrected chi connectivity index (χ2v) is 6.05. The first-order valence-electron chi connectivity index (χ1n) is 5.30. The van der Waals surface area contributed by atoms with E-state index < -0.39 is 0 Å². The highest BCUT2D eigenvalue weighted by atomic mass is 32.2. The molecule has 0 unspecified atom stereocenters. The van der Waals surface area contributed by atoms with Gasteiger partial charge in [-0.15, -0.1) is 11.3 Å². The number of carbonyl (C=O) groups excluding carboxylic acids is 1. The third-order valence-electron chi connectivity index (χ3n) is 2.45. The minimum Gasteiger partial charge on any atom is -0.482 e. The Kier molecular flexibility index (Phi) is 2.89. The van der Waals surface area contributed by atoms with E-state index in [-0.39, 0.29) is 12.5 Å². The topological polar surface area (TPSA) is 64.3 Å². The summed E-state index contributed by atoms with van der Waals surface area (Å²) in [6, 6.07) is 7.63. The van der Waals surface area contributed by atoms with Crippen molar-refractivity contribution in [1.82, 2.24) is 0 Å². The zero-order valence-corrected chi connectivity index (χ0v) is 10.9. The summed E-state index contributed by atoms with van der Waals surface area (Å²) < 4.78 is 6.47. The Bertz CT molecular complexity index is 596. The van der Waals surface area contributed by atoms with Crippen LogP contribution in [0.25, 0.3) is 0 Å². The van der Waals surface area contributed by atoms with Crippen molar-refractivity contribution in [3.63, 3.8) is 0 Å². The van der Waals surface area contributed by atoms with Gasteiger partial charge in [0.2, 0.25) is 0 Å². The number of nitrogen functional groups attached to an aromatic ring is 1. The number of rotatable bonds is 2. The lowest BCUT2D eigenvalue weighted by atomic mass is 10.2. The van der Waals surface area contributed by atoms with Crippen molar-refractivity contribution in [2.24, 2.45) is 0 Å². The molecule has 0 saturated carbocycles. The molecule has 92 valence electrons. The van der Waals surface area contributed by atoms with Crippen LogP contribution < -0.4 is 15.8 Å².